The van der Waals surface area contributed by atoms with E-state index in [1.807, 2.05) is 0 Å². The fraction of sp³-hybridized carbons (Fsp3) is 0.500. The van der Waals surface area contributed by atoms with Crippen LogP contribution in [0.2, 0.25) is 0 Å². The van der Waals surface area contributed by atoms with Gasteiger partial charge in [0.15, 0.2) is 0 Å². The number of H-pyrrole nitrogens is 1. The summed E-state index contributed by atoms with van der Waals surface area (Å²) in [5.74, 6) is 0.466. The van der Waals surface area contributed by atoms with Gasteiger partial charge in [0.1, 0.15) is 11.2 Å². The van der Waals surface area contributed by atoms with Crippen LogP contribution in [0.5, 0.6) is 0 Å². The number of aromatic amines is 1. The predicted molar refractivity (Wildman–Crippen MR) is 81.7 cm³/mol. The number of carbonyl (C=O) groups is 1. The average molecular weight is 307 g/mol. The molecule has 7 heteroatoms. The molecule has 0 saturated carbocycles. The fourth-order valence-electron chi connectivity index (χ4n) is 2.61. The summed E-state index contributed by atoms with van der Waals surface area (Å²) in [6.45, 7) is 3.39. The lowest BCUT2D eigenvalue weighted by Crippen LogP contribution is -2.44. The molecule has 0 atom stereocenters. The van der Waals surface area contributed by atoms with Crippen molar-refractivity contribution < 1.29 is 4.79 Å². The van der Waals surface area contributed by atoms with Crippen LogP contribution in [0.4, 0.5) is 0 Å². The topological polar surface area (TPSA) is 75.2 Å². The summed E-state index contributed by atoms with van der Waals surface area (Å²) in [5.41, 5.74) is -0.377. The molecule has 3 rings (SSSR count). The van der Waals surface area contributed by atoms with Crippen molar-refractivity contribution in [3.05, 3.63) is 32.3 Å². The van der Waals surface area contributed by atoms with Gasteiger partial charge < -0.3 is 9.88 Å². The minimum absolute atomic E-state index is 0.162. The summed E-state index contributed by atoms with van der Waals surface area (Å²) < 4.78 is 1.48. The Kier molecular flexibility index (Phi) is 3.67. The molecule has 0 aromatic carbocycles. The molecule has 1 fully saturated rings. The molecule has 0 unspecified atom stereocenters. The Morgan fingerprint density at radius 3 is 2.81 bits per heavy atom. The van der Waals surface area contributed by atoms with E-state index in [1.54, 1.807) is 16.3 Å². The number of nitrogens with zero attached hydrogens (tertiary/aromatic N) is 2. The molecule has 6 nitrogen and oxygen atoms in total. The van der Waals surface area contributed by atoms with Gasteiger partial charge in [-0.1, -0.05) is 6.92 Å². The molecule has 1 saturated heterocycles. The smallest absolute Gasteiger partial charge is 0.329 e. The molecule has 1 aliphatic rings. The average Bonchev–Trinajstić information content (AvgIpc) is 2.92. The summed E-state index contributed by atoms with van der Waals surface area (Å²) >= 11 is 1.27. The largest absolute Gasteiger partial charge is 0.341 e. The summed E-state index contributed by atoms with van der Waals surface area (Å²) in [5, 5.41) is 1.75. The van der Waals surface area contributed by atoms with E-state index in [0.717, 1.165) is 17.4 Å². The van der Waals surface area contributed by atoms with Crippen molar-refractivity contribution >= 4 is 27.5 Å². The molecule has 0 bridgehead atoms. The van der Waals surface area contributed by atoms with E-state index in [2.05, 4.69) is 11.9 Å². The van der Waals surface area contributed by atoms with Gasteiger partial charge in [0, 0.05) is 13.1 Å². The maximum Gasteiger partial charge on any atom is 0.329 e. The van der Waals surface area contributed by atoms with Gasteiger partial charge in [-0.05, 0) is 30.2 Å². The number of thiophene rings is 1. The highest BCUT2D eigenvalue weighted by Gasteiger charge is 2.21. The summed E-state index contributed by atoms with van der Waals surface area (Å²) in [6.07, 6.45) is 1.95. The van der Waals surface area contributed by atoms with E-state index < -0.39 is 5.69 Å². The van der Waals surface area contributed by atoms with Gasteiger partial charge in [0.2, 0.25) is 5.91 Å². The number of amides is 1. The van der Waals surface area contributed by atoms with Crippen LogP contribution in [0.15, 0.2) is 21.0 Å². The van der Waals surface area contributed by atoms with E-state index in [0.29, 0.717) is 29.2 Å². The third-order valence-electron chi connectivity index (χ3n) is 4.02. The van der Waals surface area contributed by atoms with Crippen molar-refractivity contribution in [2.75, 3.05) is 13.1 Å². The number of carbonyl (C=O) groups excluding carboxylic acids is 1. The number of nitrogens with one attached hydrogen (secondary N) is 1. The van der Waals surface area contributed by atoms with Gasteiger partial charge in [-0.3, -0.25) is 9.59 Å². The second-order valence-corrected chi connectivity index (χ2v) is 6.46. The minimum atomic E-state index is -0.523. The molecular formula is C14H17N3O3S. The van der Waals surface area contributed by atoms with E-state index in [1.165, 1.54) is 11.3 Å². The summed E-state index contributed by atoms with van der Waals surface area (Å²) in [7, 11) is 0. The molecule has 2 aromatic rings. The Bertz CT molecular complexity index is 781. The standard InChI is InChI=1S/C14H17N3O3S/c1-9-2-5-16(6-3-9)11(18)8-17-13(19)12-10(4-7-21-12)15-14(17)20/h4,7,9H,2-3,5-6,8H2,1H3,(H,15,20). The molecule has 21 heavy (non-hydrogen) atoms. The lowest BCUT2D eigenvalue weighted by molar-refractivity contribution is -0.133. The van der Waals surface area contributed by atoms with Gasteiger partial charge in [-0.2, -0.15) is 0 Å². The van der Waals surface area contributed by atoms with Gasteiger partial charge in [-0.25, -0.2) is 9.36 Å². The number of fused-ring (bicyclic) bond motifs is 1. The fourth-order valence-corrected chi connectivity index (χ4v) is 3.40. The zero-order valence-electron chi connectivity index (χ0n) is 11.8. The molecule has 3 heterocycles. The van der Waals surface area contributed by atoms with Crippen molar-refractivity contribution in [2.45, 2.75) is 26.3 Å². The molecule has 2 aromatic heterocycles. The van der Waals surface area contributed by atoms with Crippen LogP contribution in [0.25, 0.3) is 10.2 Å². The maximum atomic E-state index is 12.3. The second kappa shape index (κ2) is 5.48. The van der Waals surface area contributed by atoms with E-state index >= 15 is 0 Å². The quantitative estimate of drug-likeness (QED) is 0.899. The van der Waals surface area contributed by atoms with Crippen LogP contribution in [0.3, 0.4) is 0 Å². The number of likely N-dealkylation sites (tertiary alicyclic amines) is 1. The first-order chi connectivity index (χ1) is 10.1. The molecule has 0 spiro atoms. The van der Waals surface area contributed by atoms with Crippen LogP contribution < -0.4 is 11.2 Å². The SMILES string of the molecule is CC1CCN(C(=O)Cn2c(=O)[nH]c3ccsc3c2=O)CC1. The first-order valence-corrected chi connectivity index (χ1v) is 7.92. The van der Waals surface area contributed by atoms with Crippen molar-refractivity contribution in [3.63, 3.8) is 0 Å². The third kappa shape index (κ3) is 2.65. The highest BCUT2D eigenvalue weighted by atomic mass is 32.1. The number of aromatic nitrogens is 2. The monoisotopic (exact) mass is 307 g/mol. The minimum Gasteiger partial charge on any atom is -0.341 e. The van der Waals surface area contributed by atoms with E-state index in [4.69, 9.17) is 0 Å². The van der Waals surface area contributed by atoms with Crippen LogP contribution >= 0.6 is 11.3 Å². The maximum absolute atomic E-state index is 12.3. The number of piperidine rings is 1. The number of rotatable bonds is 2. The molecule has 1 amide bonds. The Labute approximate surface area is 125 Å². The Hall–Kier alpha value is -1.89. The second-order valence-electron chi connectivity index (χ2n) is 5.55. The van der Waals surface area contributed by atoms with Crippen molar-refractivity contribution in [3.8, 4) is 0 Å². The van der Waals surface area contributed by atoms with Gasteiger partial charge >= 0.3 is 5.69 Å². The van der Waals surface area contributed by atoms with E-state index in [-0.39, 0.29) is 18.0 Å². The highest BCUT2D eigenvalue weighted by molar-refractivity contribution is 7.17. The molecule has 1 N–H and O–H groups in total. The molecular weight excluding hydrogens is 290 g/mol. The third-order valence-corrected chi connectivity index (χ3v) is 4.92. The summed E-state index contributed by atoms with van der Waals surface area (Å²) in [4.78, 5) is 40.9. The van der Waals surface area contributed by atoms with Gasteiger partial charge in [-0.15, -0.1) is 11.3 Å². The zero-order valence-corrected chi connectivity index (χ0v) is 12.6. The molecule has 0 radical (unpaired) electrons. The Balaban J connectivity index is 1.86. The molecule has 0 aliphatic carbocycles. The first-order valence-electron chi connectivity index (χ1n) is 7.04. The Morgan fingerprint density at radius 1 is 1.38 bits per heavy atom. The van der Waals surface area contributed by atoms with Crippen LogP contribution in [0, 0.1) is 5.92 Å². The van der Waals surface area contributed by atoms with Crippen molar-refractivity contribution in [2.24, 2.45) is 5.92 Å². The normalized spacial score (nSPS) is 16.5. The lowest BCUT2D eigenvalue weighted by Gasteiger charge is -2.30. The summed E-state index contributed by atoms with van der Waals surface area (Å²) in [6, 6.07) is 1.70. The lowest BCUT2D eigenvalue weighted by atomic mass is 9.99. The first kappa shape index (κ1) is 14.1. The van der Waals surface area contributed by atoms with Crippen LogP contribution in [-0.4, -0.2) is 33.4 Å². The Morgan fingerprint density at radius 2 is 2.10 bits per heavy atom. The zero-order chi connectivity index (χ0) is 15.0. The number of hydrogen-bond acceptors (Lipinski definition) is 4. The number of hydrogen-bond donors (Lipinski definition) is 1. The molecule has 1 aliphatic heterocycles. The van der Waals surface area contributed by atoms with Crippen molar-refractivity contribution in [1.29, 1.82) is 0 Å². The van der Waals surface area contributed by atoms with Gasteiger partial charge in [0.25, 0.3) is 5.56 Å². The van der Waals surface area contributed by atoms with Crippen LogP contribution in [0.1, 0.15) is 19.8 Å². The highest BCUT2D eigenvalue weighted by Crippen LogP contribution is 2.16. The van der Waals surface area contributed by atoms with Gasteiger partial charge in [0.05, 0.1) is 5.52 Å². The van der Waals surface area contributed by atoms with Crippen molar-refractivity contribution in [1.82, 2.24) is 14.5 Å². The van der Waals surface area contributed by atoms with E-state index in [9.17, 15) is 14.4 Å². The van der Waals surface area contributed by atoms with Crippen LogP contribution in [-0.2, 0) is 11.3 Å². The predicted octanol–water partition coefficient (Wildman–Crippen LogP) is 1.01. The molecule has 112 valence electrons.